The van der Waals surface area contributed by atoms with Crippen molar-refractivity contribution < 1.29 is 43.2 Å². The molecular formula is C48H54N6O9. The summed E-state index contributed by atoms with van der Waals surface area (Å²) in [5.74, 6) is -0.606. The Kier molecular flexibility index (Phi) is 15.9. The smallest absolute Gasteiger partial charge is 0.306 e. The predicted molar refractivity (Wildman–Crippen MR) is 237 cm³/mol. The average Bonchev–Trinajstić information content (AvgIpc) is 3.95. The molecule has 1 saturated heterocycles. The third-order valence-corrected chi connectivity index (χ3v) is 10.9. The van der Waals surface area contributed by atoms with Crippen molar-refractivity contribution in [2.24, 2.45) is 0 Å². The molecule has 0 saturated carbocycles. The minimum absolute atomic E-state index is 0.222. The number of hydrogen-bond donors (Lipinski definition) is 2. The van der Waals surface area contributed by atoms with Gasteiger partial charge in [-0.15, -0.1) is 0 Å². The molecular weight excluding hydrogens is 805 g/mol. The summed E-state index contributed by atoms with van der Waals surface area (Å²) in [4.78, 5) is 52.7. The molecule has 6 aromatic rings. The fourth-order valence-corrected chi connectivity index (χ4v) is 7.45. The molecule has 63 heavy (non-hydrogen) atoms. The number of carboxylic acids is 1. The molecule has 7 rings (SSSR count). The number of aliphatic carboxylic acids is 1. The Bertz CT molecular complexity index is 2340. The van der Waals surface area contributed by atoms with E-state index in [9.17, 15) is 14.4 Å². The number of rotatable bonds is 18. The van der Waals surface area contributed by atoms with Gasteiger partial charge in [0.15, 0.2) is 17.0 Å². The summed E-state index contributed by atoms with van der Waals surface area (Å²) in [5.41, 5.74) is 2.35. The van der Waals surface area contributed by atoms with E-state index in [4.69, 9.17) is 28.8 Å². The first-order valence-electron chi connectivity index (χ1n) is 20.9. The molecule has 0 bridgehead atoms. The molecule has 15 heteroatoms. The first-order valence-corrected chi connectivity index (χ1v) is 20.9. The van der Waals surface area contributed by atoms with E-state index in [1.165, 1.54) is 26.0 Å². The molecule has 0 aliphatic carbocycles. The molecule has 15 nitrogen and oxygen atoms in total. The Morgan fingerprint density at radius 2 is 1.35 bits per heavy atom. The fourth-order valence-electron chi connectivity index (χ4n) is 7.45. The van der Waals surface area contributed by atoms with Crippen LogP contribution in [0.2, 0.25) is 0 Å². The summed E-state index contributed by atoms with van der Waals surface area (Å²) >= 11 is 0. The first kappa shape index (κ1) is 45.8. The van der Waals surface area contributed by atoms with Gasteiger partial charge in [-0.05, 0) is 72.7 Å². The SMILES string of the molecule is CCN(CC)CC.COc1ccc(C(O[C@H]2C[C@H](n3cnc4c(NC(=O)c5ccccc5)ncnc43)O[C@@H]2COC(=O)CCC(=O)O)(c2ccccc2)c2ccc(OC)cc2)cc1. The summed E-state index contributed by atoms with van der Waals surface area (Å²) in [5, 5.41) is 12.0. The van der Waals surface area contributed by atoms with Crippen LogP contribution in [0.3, 0.4) is 0 Å². The zero-order valence-electron chi connectivity index (χ0n) is 36.2. The minimum atomic E-state index is -1.23. The highest BCUT2D eigenvalue weighted by Gasteiger charge is 2.47. The number of aromatic nitrogens is 4. The van der Waals surface area contributed by atoms with E-state index in [0.29, 0.717) is 28.2 Å². The number of fused-ring (bicyclic) bond motifs is 1. The zero-order valence-corrected chi connectivity index (χ0v) is 36.2. The van der Waals surface area contributed by atoms with Crippen LogP contribution in [-0.2, 0) is 29.4 Å². The maximum atomic E-state index is 13.0. The van der Waals surface area contributed by atoms with Crippen LogP contribution in [0.15, 0.2) is 122 Å². The lowest BCUT2D eigenvalue weighted by Gasteiger charge is -2.39. The number of imidazole rings is 1. The normalized spacial score (nSPS) is 15.9. The van der Waals surface area contributed by atoms with E-state index in [1.807, 2.05) is 84.9 Å². The molecule has 4 aromatic carbocycles. The van der Waals surface area contributed by atoms with Gasteiger partial charge >= 0.3 is 11.9 Å². The van der Waals surface area contributed by atoms with Gasteiger partial charge in [0, 0.05) is 12.0 Å². The molecule has 2 aromatic heterocycles. The Balaban J connectivity index is 0.000000871. The van der Waals surface area contributed by atoms with Gasteiger partial charge < -0.3 is 39.0 Å². The number of anilines is 1. The largest absolute Gasteiger partial charge is 0.497 e. The lowest BCUT2D eigenvalue weighted by Crippen LogP contribution is -2.41. The summed E-state index contributed by atoms with van der Waals surface area (Å²) in [6, 6.07) is 33.7. The average molecular weight is 859 g/mol. The van der Waals surface area contributed by atoms with Gasteiger partial charge in [0.05, 0.1) is 39.5 Å². The van der Waals surface area contributed by atoms with Crippen molar-refractivity contribution in [1.82, 2.24) is 24.4 Å². The molecule has 0 spiro atoms. The lowest BCUT2D eigenvalue weighted by atomic mass is 9.79. The number of carbonyl (C=O) groups excluding carboxylic acids is 2. The second-order valence-corrected chi connectivity index (χ2v) is 14.6. The number of ether oxygens (including phenoxy) is 5. The van der Waals surface area contributed by atoms with Crippen LogP contribution in [0.4, 0.5) is 5.82 Å². The van der Waals surface area contributed by atoms with Gasteiger partial charge in [0.2, 0.25) is 0 Å². The molecule has 1 aliphatic heterocycles. The molecule has 1 aliphatic rings. The maximum absolute atomic E-state index is 13.0. The van der Waals surface area contributed by atoms with E-state index in [0.717, 1.165) is 16.7 Å². The number of amides is 1. The van der Waals surface area contributed by atoms with Crippen molar-refractivity contribution in [3.8, 4) is 11.5 Å². The number of esters is 1. The third kappa shape index (κ3) is 11.0. The van der Waals surface area contributed by atoms with Crippen molar-refractivity contribution in [2.45, 2.75) is 64.1 Å². The van der Waals surface area contributed by atoms with Gasteiger partial charge in [-0.2, -0.15) is 0 Å². The summed E-state index contributed by atoms with van der Waals surface area (Å²) < 4.78 is 32.4. The highest BCUT2D eigenvalue weighted by Crippen LogP contribution is 2.46. The highest BCUT2D eigenvalue weighted by molar-refractivity contribution is 6.06. The van der Waals surface area contributed by atoms with Gasteiger partial charge in [-0.1, -0.05) is 93.6 Å². The van der Waals surface area contributed by atoms with Crippen LogP contribution >= 0.6 is 0 Å². The van der Waals surface area contributed by atoms with E-state index in [1.54, 1.807) is 49.4 Å². The third-order valence-electron chi connectivity index (χ3n) is 10.9. The number of nitrogens with one attached hydrogen (secondary N) is 1. The number of carboxylic acid groups (broad SMARTS) is 1. The van der Waals surface area contributed by atoms with Gasteiger partial charge in [0.25, 0.3) is 5.91 Å². The Labute approximate surface area is 367 Å². The van der Waals surface area contributed by atoms with Crippen LogP contribution in [-0.4, -0.2) is 100 Å². The number of hydrogen-bond acceptors (Lipinski definition) is 12. The number of nitrogens with zero attached hydrogens (tertiary/aromatic N) is 5. The molecule has 0 radical (unpaired) electrons. The molecule has 330 valence electrons. The predicted octanol–water partition coefficient (Wildman–Crippen LogP) is 7.52. The molecule has 1 fully saturated rings. The molecule has 0 unspecified atom stereocenters. The van der Waals surface area contributed by atoms with E-state index in [2.05, 4.69) is 45.9 Å². The highest BCUT2D eigenvalue weighted by atomic mass is 16.6. The maximum Gasteiger partial charge on any atom is 0.306 e. The van der Waals surface area contributed by atoms with Gasteiger partial charge in [-0.25, -0.2) is 15.0 Å². The number of carbonyl (C=O) groups is 3. The first-order chi connectivity index (χ1) is 30.6. The quantitative estimate of drug-likeness (QED) is 0.0642. The zero-order chi connectivity index (χ0) is 44.8. The monoisotopic (exact) mass is 858 g/mol. The summed E-state index contributed by atoms with van der Waals surface area (Å²) in [7, 11) is 3.20. The van der Waals surface area contributed by atoms with Crippen LogP contribution in [0, 0.1) is 0 Å². The van der Waals surface area contributed by atoms with Gasteiger partial charge in [-0.3, -0.25) is 19.0 Å². The van der Waals surface area contributed by atoms with Crippen molar-refractivity contribution in [2.75, 3.05) is 45.8 Å². The second kappa shape index (κ2) is 21.9. The molecule has 1 amide bonds. The Morgan fingerprint density at radius 1 is 0.778 bits per heavy atom. The number of methoxy groups -OCH3 is 2. The fraction of sp³-hybridized carbons (Fsp3) is 0.333. The lowest BCUT2D eigenvalue weighted by molar-refractivity contribution is -0.155. The summed E-state index contributed by atoms with van der Waals surface area (Å²) in [6.45, 7) is 9.90. The van der Waals surface area contributed by atoms with Gasteiger partial charge in [0.1, 0.15) is 42.4 Å². The summed E-state index contributed by atoms with van der Waals surface area (Å²) in [6.07, 6.45) is 0.182. The molecule has 3 atom stereocenters. The van der Waals surface area contributed by atoms with E-state index in [-0.39, 0.29) is 37.6 Å². The Hall–Kier alpha value is -6.68. The Morgan fingerprint density at radius 3 is 1.89 bits per heavy atom. The van der Waals surface area contributed by atoms with Crippen LogP contribution in [0.5, 0.6) is 11.5 Å². The van der Waals surface area contributed by atoms with Crippen molar-refractivity contribution in [1.29, 1.82) is 0 Å². The van der Waals surface area contributed by atoms with Crippen LogP contribution in [0.25, 0.3) is 11.2 Å². The molecule has 3 heterocycles. The van der Waals surface area contributed by atoms with Crippen LogP contribution in [0.1, 0.15) is 73.3 Å². The standard InChI is InChI=1S/C42H39N5O9.C6H15N/c1-52-31-17-13-29(14-18-31)42(28-11-7-4-8-12-28,30-15-19-32(53-2)20-16-30)56-33-23-35(55-34(33)24-54-37(50)22-21-36(48)49)47-26-45-38-39(43-25-44-40(38)47)46-41(51)27-9-5-3-6-10-27;1-4-7(5-2)6-3/h3-20,25-26,33-35H,21-24H2,1-2H3,(H,48,49)(H,43,44,46,51);4-6H2,1-3H3/t33-,34+,35+;/m0./s1. The van der Waals surface area contributed by atoms with E-state index < -0.39 is 36.0 Å². The van der Waals surface area contributed by atoms with E-state index >= 15 is 0 Å². The number of benzene rings is 4. The van der Waals surface area contributed by atoms with Crippen molar-refractivity contribution in [3.05, 3.63) is 144 Å². The minimum Gasteiger partial charge on any atom is -0.497 e. The van der Waals surface area contributed by atoms with Crippen molar-refractivity contribution >= 4 is 34.8 Å². The topological polar surface area (TPSA) is 176 Å². The van der Waals surface area contributed by atoms with Crippen molar-refractivity contribution in [3.63, 3.8) is 0 Å². The molecule has 2 N–H and O–H groups in total. The van der Waals surface area contributed by atoms with Crippen LogP contribution < -0.4 is 14.8 Å². The second-order valence-electron chi connectivity index (χ2n) is 14.6.